The number of halogens is 8. The van der Waals surface area contributed by atoms with E-state index in [1.807, 2.05) is 0 Å². The molecule has 5 rings (SSSR count). The first-order valence-corrected chi connectivity index (χ1v) is 13.3. The van der Waals surface area contributed by atoms with E-state index in [9.17, 15) is 36.2 Å². The molecule has 0 unspecified atom stereocenters. The third-order valence-corrected chi connectivity index (χ3v) is 7.49. The normalized spacial score (nSPS) is 17.8. The Balaban J connectivity index is 1.37. The van der Waals surface area contributed by atoms with Gasteiger partial charge in [-0.15, -0.1) is 0 Å². The number of hydrogen-bond acceptors (Lipinski definition) is 4. The molecule has 0 aliphatic heterocycles. The van der Waals surface area contributed by atoms with Crippen LogP contribution in [0.15, 0.2) is 72.9 Å². The van der Waals surface area contributed by atoms with Crippen molar-refractivity contribution in [2.45, 2.75) is 50.1 Å². The number of aromatic carboxylic acids is 1. The van der Waals surface area contributed by atoms with Crippen molar-refractivity contribution in [2.75, 3.05) is 0 Å². The fourth-order valence-electron chi connectivity index (χ4n) is 5.23. The van der Waals surface area contributed by atoms with Crippen molar-refractivity contribution < 1.29 is 49.8 Å². The number of pyridine rings is 1. The second-order valence-electron chi connectivity index (χ2n) is 10.3. The highest BCUT2D eigenvalue weighted by Crippen LogP contribution is 2.44. The number of carbonyl (C=O) groups is 1. The van der Waals surface area contributed by atoms with Crippen LogP contribution in [0.2, 0.25) is 0 Å². The molecule has 1 aliphatic carbocycles. The lowest BCUT2D eigenvalue weighted by Crippen LogP contribution is -2.27. The van der Waals surface area contributed by atoms with Crippen LogP contribution in [0.4, 0.5) is 35.1 Å². The predicted molar refractivity (Wildman–Crippen MR) is 140 cm³/mol. The molecule has 2 heterocycles. The molecule has 0 bridgehead atoms. The summed E-state index contributed by atoms with van der Waals surface area (Å²) in [7, 11) is 0. The van der Waals surface area contributed by atoms with Gasteiger partial charge in [0.15, 0.2) is 11.5 Å². The lowest BCUT2D eigenvalue weighted by Gasteiger charge is -2.30. The van der Waals surface area contributed by atoms with E-state index in [0.717, 1.165) is 12.1 Å². The van der Waals surface area contributed by atoms with Gasteiger partial charge in [0.1, 0.15) is 11.3 Å². The first-order valence-electron chi connectivity index (χ1n) is 13.3. The van der Waals surface area contributed by atoms with E-state index in [4.69, 9.17) is 4.74 Å². The number of alkyl halides is 8. The van der Waals surface area contributed by atoms with Crippen LogP contribution in [0.3, 0.4) is 0 Å². The molecule has 1 aliphatic rings. The molecule has 44 heavy (non-hydrogen) atoms. The van der Waals surface area contributed by atoms with Crippen LogP contribution in [-0.4, -0.2) is 32.0 Å². The first-order chi connectivity index (χ1) is 20.6. The Morgan fingerprint density at radius 2 is 1.50 bits per heavy atom. The number of rotatable bonds is 7. The van der Waals surface area contributed by atoms with E-state index < -0.39 is 47.2 Å². The van der Waals surface area contributed by atoms with Gasteiger partial charge in [-0.05, 0) is 73.6 Å². The highest BCUT2D eigenvalue weighted by Gasteiger charge is 2.42. The molecule has 6 nitrogen and oxygen atoms in total. The molecule has 232 valence electrons. The van der Waals surface area contributed by atoms with Crippen LogP contribution >= 0.6 is 0 Å². The Labute approximate surface area is 244 Å². The third-order valence-electron chi connectivity index (χ3n) is 7.49. The van der Waals surface area contributed by atoms with Gasteiger partial charge in [-0.2, -0.15) is 40.2 Å². The number of nitrogens with zero attached hydrogens (tertiary/aromatic N) is 3. The minimum Gasteiger partial charge on any atom is -0.478 e. The standard InChI is InChI=1S/C30H23F8N3O3/c31-28(32,33)19-12-8-17(9-13-19)18-10-14-20(15-11-18)30(37,38)44-24-6-2-1-4-21(24)23-5-3-7-25(39-23)41-16-22(27(42)43)26(40-41)29(34,35)36/h1-7,10-11,14-17,19H,8-9,12-13H2,(H,42,43)/t17-,19-. The minimum absolute atomic E-state index is 0.0220. The lowest BCUT2D eigenvalue weighted by molar-refractivity contribution is -0.185. The number of aromatic nitrogens is 3. The van der Waals surface area contributed by atoms with E-state index in [1.165, 1.54) is 54.6 Å². The molecule has 0 saturated heterocycles. The number of hydrogen-bond donors (Lipinski definition) is 1. The van der Waals surface area contributed by atoms with Crippen LogP contribution in [0.1, 0.15) is 58.8 Å². The molecular weight excluding hydrogens is 602 g/mol. The van der Waals surface area contributed by atoms with E-state index in [0.29, 0.717) is 29.3 Å². The van der Waals surface area contributed by atoms with Gasteiger partial charge >= 0.3 is 24.4 Å². The van der Waals surface area contributed by atoms with Gasteiger partial charge in [0.2, 0.25) is 0 Å². The topological polar surface area (TPSA) is 77.2 Å². The molecule has 1 saturated carbocycles. The summed E-state index contributed by atoms with van der Waals surface area (Å²) in [5.74, 6) is -3.89. The Bertz CT molecular complexity index is 1640. The molecule has 2 aromatic carbocycles. The van der Waals surface area contributed by atoms with Crippen molar-refractivity contribution in [2.24, 2.45) is 5.92 Å². The summed E-state index contributed by atoms with van der Waals surface area (Å²) >= 11 is 0. The molecule has 0 spiro atoms. The first kappa shape index (κ1) is 31.0. The van der Waals surface area contributed by atoms with Gasteiger partial charge < -0.3 is 9.84 Å². The summed E-state index contributed by atoms with van der Waals surface area (Å²) in [4.78, 5) is 15.5. The van der Waals surface area contributed by atoms with Crippen molar-refractivity contribution in [3.8, 4) is 22.8 Å². The van der Waals surface area contributed by atoms with Gasteiger partial charge in [0.05, 0.1) is 17.2 Å². The van der Waals surface area contributed by atoms with Crippen LogP contribution in [0.5, 0.6) is 5.75 Å². The molecule has 14 heteroatoms. The monoisotopic (exact) mass is 625 g/mol. The summed E-state index contributed by atoms with van der Waals surface area (Å²) in [6.45, 7) is 0. The lowest BCUT2D eigenvalue weighted by atomic mass is 9.78. The van der Waals surface area contributed by atoms with E-state index in [1.54, 1.807) is 0 Å². The van der Waals surface area contributed by atoms with Crippen LogP contribution < -0.4 is 4.74 Å². The fraction of sp³-hybridized carbons (Fsp3) is 0.300. The van der Waals surface area contributed by atoms with E-state index in [2.05, 4.69) is 10.1 Å². The van der Waals surface area contributed by atoms with E-state index in [-0.39, 0.29) is 41.6 Å². The average molecular weight is 626 g/mol. The van der Waals surface area contributed by atoms with E-state index >= 15 is 8.78 Å². The molecule has 1 fully saturated rings. The van der Waals surface area contributed by atoms with Gasteiger partial charge in [0, 0.05) is 11.8 Å². The second kappa shape index (κ2) is 11.5. The van der Waals surface area contributed by atoms with Crippen LogP contribution in [0.25, 0.3) is 17.1 Å². The zero-order valence-electron chi connectivity index (χ0n) is 22.5. The predicted octanol–water partition coefficient (Wildman–Crippen LogP) is 8.62. The maximum absolute atomic E-state index is 15.3. The molecule has 0 radical (unpaired) electrons. The maximum atomic E-state index is 15.3. The smallest absolute Gasteiger partial charge is 0.436 e. The Morgan fingerprint density at radius 3 is 2.09 bits per heavy atom. The number of benzene rings is 2. The Hall–Kier alpha value is -4.49. The van der Waals surface area contributed by atoms with Gasteiger partial charge in [0.25, 0.3) is 0 Å². The maximum Gasteiger partial charge on any atom is 0.436 e. The summed E-state index contributed by atoms with van der Waals surface area (Å²) in [5, 5.41) is 12.5. The SMILES string of the molecule is O=C(O)c1cn(-c2cccc(-c3ccccc3OC(F)(F)c3ccc([C@H]4CC[C@H](C(F)(F)F)CC4)cc3)n2)nc1C(F)(F)F. The molecule has 1 N–H and O–H groups in total. The molecule has 0 amide bonds. The van der Waals surface area contributed by atoms with Crippen molar-refractivity contribution in [3.05, 3.63) is 95.3 Å². The van der Waals surface area contributed by atoms with Gasteiger partial charge in [-0.25, -0.2) is 14.5 Å². The third kappa shape index (κ3) is 6.53. The second-order valence-corrected chi connectivity index (χ2v) is 10.3. The Kier molecular flexibility index (Phi) is 8.12. The summed E-state index contributed by atoms with van der Waals surface area (Å²) in [5.41, 5.74) is -2.47. The number of carboxylic acid groups (broad SMARTS) is 1. The number of ether oxygens (including phenoxy) is 1. The number of carboxylic acids is 1. The summed E-state index contributed by atoms with van der Waals surface area (Å²) in [6.07, 6.45) is -11.9. The molecular formula is C30H23F8N3O3. The highest BCUT2D eigenvalue weighted by molar-refractivity contribution is 5.89. The van der Waals surface area contributed by atoms with Crippen molar-refractivity contribution >= 4 is 5.97 Å². The van der Waals surface area contributed by atoms with Gasteiger partial charge in [-0.3, -0.25) is 0 Å². The highest BCUT2D eigenvalue weighted by atomic mass is 19.4. The van der Waals surface area contributed by atoms with Crippen molar-refractivity contribution in [1.29, 1.82) is 0 Å². The number of para-hydroxylation sites is 1. The van der Waals surface area contributed by atoms with Crippen molar-refractivity contribution in [3.63, 3.8) is 0 Å². The van der Waals surface area contributed by atoms with Crippen molar-refractivity contribution in [1.82, 2.24) is 14.8 Å². The van der Waals surface area contributed by atoms with Crippen LogP contribution in [-0.2, 0) is 12.3 Å². The zero-order valence-corrected chi connectivity index (χ0v) is 22.5. The quantitative estimate of drug-likeness (QED) is 0.208. The largest absolute Gasteiger partial charge is 0.478 e. The minimum atomic E-state index is -5.05. The summed E-state index contributed by atoms with van der Waals surface area (Å²) < 4.78 is 115. The molecule has 0 atom stereocenters. The van der Waals surface area contributed by atoms with Gasteiger partial charge in [-0.1, -0.05) is 30.3 Å². The molecule has 2 aromatic heterocycles. The zero-order chi connectivity index (χ0) is 31.9. The fourth-order valence-corrected chi connectivity index (χ4v) is 5.23. The summed E-state index contributed by atoms with van der Waals surface area (Å²) in [6, 6.07) is 14.9. The Morgan fingerprint density at radius 1 is 0.841 bits per heavy atom. The molecule has 4 aromatic rings. The average Bonchev–Trinajstić information content (AvgIpc) is 3.44. The van der Waals surface area contributed by atoms with Crippen LogP contribution in [0, 0.1) is 5.92 Å².